The van der Waals surface area contributed by atoms with E-state index in [0.29, 0.717) is 0 Å². The van der Waals surface area contributed by atoms with Gasteiger partial charge in [0.2, 0.25) is 0 Å². The van der Waals surface area contributed by atoms with E-state index < -0.39 is 0 Å². The van der Waals surface area contributed by atoms with Crippen LogP contribution in [0.1, 0.15) is 19.5 Å². The summed E-state index contributed by atoms with van der Waals surface area (Å²) in [6, 6.07) is 8.12. The summed E-state index contributed by atoms with van der Waals surface area (Å²) in [4.78, 5) is 19.7. The molecule has 1 N–H and O–H groups in total. The highest BCUT2D eigenvalue weighted by Crippen LogP contribution is 2.33. The van der Waals surface area contributed by atoms with Crippen molar-refractivity contribution in [1.82, 2.24) is 29.5 Å². The molecule has 0 atom stereocenters. The predicted octanol–water partition coefficient (Wildman–Crippen LogP) is 4.94. The molecular formula is C23H26N6O. The molecule has 0 fully saturated rings. The second kappa shape index (κ2) is 9.65. The van der Waals surface area contributed by atoms with E-state index in [-0.39, 0.29) is 0 Å². The van der Waals surface area contributed by atoms with Crippen LogP contribution >= 0.6 is 0 Å². The first-order valence-corrected chi connectivity index (χ1v) is 9.81. The van der Waals surface area contributed by atoms with Crippen LogP contribution in [0.25, 0.3) is 33.3 Å². The maximum Gasteiger partial charge on any atom is 0.156 e. The van der Waals surface area contributed by atoms with Crippen molar-refractivity contribution in [2.45, 2.75) is 20.8 Å². The number of rotatable bonds is 2. The monoisotopic (exact) mass is 402 g/mol. The molecule has 1 aromatic carbocycles. The summed E-state index contributed by atoms with van der Waals surface area (Å²) in [6.45, 7) is 5.91. The summed E-state index contributed by atoms with van der Waals surface area (Å²) >= 11 is 0. The molecule has 4 heterocycles. The van der Waals surface area contributed by atoms with Gasteiger partial charge in [0, 0.05) is 60.7 Å². The number of ether oxygens (including phenoxy) is 1. The zero-order chi connectivity index (χ0) is 21.5. The Labute approximate surface area is 175 Å². The number of hydrogen-bond donors (Lipinski definition) is 1. The molecule has 0 spiro atoms. The van der Waals surface area contributed by atoms with Crippen molar-refractivity contribution in [1.29, 1.82) is 0 Å². The van der Waals surface area contributed by atoms with Crippen LogP contribution in [-0.4, -0.2) is 36.6 Å². The molecule has 0 aliphatic rings. The van der Waals surface area contributed by atoms with Gasteiger partial charge in [-0.05, 0) is 31.2 Å². The van der Waals surface area contributed by atoms with E-state index in [0.717, 1.165) is 44.8 Å². The number of nitrogens with one attached hydrogen (secondary N) is 1. The molecule has 0 saturated carbocycles. The van der Waals surface area contributed by atoms with Gasteiger partial charge in [-0.15, -0.1) is 0 Å². The van der Waals surface area contributed by atoms with Crippen LogP contribution in [0.4, 0.5) is 0 Å². The van der Waals surface area contributed by atoms with Crippen LogP contribution in [0.15, 0.2) is 61.4 Å². The van der Waals surface area contributed by atoms with Gasteiger partial charge in [-0.1, -0.05) is 13.8 Å². The molecule has 7 heteroatoms. The Kier molecular flexibility index (Phi) is 6.75. The lowest BCUT2D eigenvalue weighted by Gasteiger charge is -2.01. The summed E-state index contributed by atoms with van der Waals surface area (Å²) in [5.41, 5.74) is 5.91. The molecular weight excluding hydrogens is 376 g/mol. The standard InChI is InChI=1S/C16H14N4O.C5H6N2.C2H6/c1-20-9-12(11-7-10(21-2)3-4-15(11)20)13-8-14-16(19-13)18-6-5-17-14;1-5-4-6-2-3-7-5;1-2/h3-9H,1-2H3,(H,18,19);2-4H,1H3;1-2H3. The van der Waals surface area contributed by atoms with E-state index in [9.17, 15) is 0 Å². The Morgan fingerprint density at radius 1 is 0.967 bits per heavy atom. The van der Waals surface area contributed by atoms with Gasteiger partial charge in [0.05, 0.1) is 18.5 Å². The SMILES string of the molecule is CC.COc1ccc2c(c1)c(-c1cc3nccnc3[nH]1)cn2C.Cc1cnccn1. The molecule has 0 amide bonds. The predicted molar refractivity (Wildman–Crippen MR) is 120 cm³/mol. The van der Waals surface area contributed by atoms with Gasteiger partial charge >= 0.3 is 0 Å². The van der Waals surface area contributed by atoms with Gasteiger partial charge in [-0.2, -0.15) is 0 Å². The van der Waals surface area contributed by atoms with Crippen molar-refractivity contribution in [3.05, 3.63) is 67.1 Å². The first-order chi connectivity index (χ1) is 14.7. The van der Waals surface area contributed by atoms with Crippen molar-refractivity contribution < 1.29 is 4.74 Å². The molecule has 0 radical (unpaired) electrons. The summed E-state index contributed by atoms with van der Waals surface area (Å²) < 4.78 is 7.44. The summed E-state index contributed by atoms with van der Waals surface area (Å²) in [5, 5.41) is 1.14. The number of benzene rings is 1. The lowest BCUT2D eigenvalue weighted by molar-refractivity contribution is 0.415. The van der Waals surface area contributed by atoms with E-state index in [1.54, 1.807) is 38.1 Å². The van der Waals surface area contributed by atoms with Gasteiger partial charge in [-0.25, -0.2) is 4.98 Å². The minimum atomic E-state index is 0.799. The maximum absolute atomic E-state index is 5.34. The zero-order valence-electron chi connectivity index (χ0n) is 17.9. The number of H-pyrrole nitrogens is 1. The van der Waals surface area contributed by atoms with Crippen LogP contribution in [0.2, 0.25) is 0 Å². The number of aromatic amines is 1. The van der Waals surface area contributed by atoms with Crippen molar-refractivity contribution in [3.63, 3.8) is 0 Å². The first-order valence-electron chi connectivity index (χ1n) is 9.81. The third-order valence-electron chi connectivity index (χ3n) is 4.44. The molecule has 0 aliphatic carbocycles. The van der Waals surface area contributed by atoms with Crippen LogP contribution in [0.5, 0.6) is 5.75 Å². The molecule has 4 aromatic heterocycles. The Balaban J connectivity index is 0.000000241. The number of hydrogen-bond acceptors (Lipinski definition) is 5. The molecule has 0 saturated heterocycles. The maximum atomic E-state index is 5.34. The fourth-order valence-electron chi connectivity index (χ4n) is 3.08. The van der Waals surface area contributed by atoms with E-state index in [2.05, 4.69) is 47.8 Å². The molecule has 0 bridgehead atoms. The van der Waals surface area contributed by atoms with Crippen LogP contribution in [0, 0.1) is 6.92 Å². The second-order valence-corrected chi connectivity index (χ2v) is 6.36. The Bertz CT molecular complexity index is 1190. The zero-order valence-corrected chi connectivity index (χ0v) is 17.9. The number of aryl methyl sites for hydroxylation is 2. The third-order valence-corrected chi connectivity index (χ3v) is 4.44. The van der Waals surface area contributed by atoms with Gasteiger partial charge in [0.15, 0.2) is 5.65 Å². The van der Waals surface area contributed by atoms with Crippen molar-refractivity contribution >= 4 is 22.1 Å². The van der Waals surface area contributed by atoms with Crippen LogP contribution < -0.4 is 4.74 Å². The van der Waals surface area contributed by atoms with Crippen molar-refractivity contribution in [2.75, 3.05) is 7.11 Å². The second-order valence-electron chi connectivity index (χ2n) is 6.36. The lowest BCUT2D eigenvalue weighted by atomic mass is 10.1. The molecule has 0 unspecified atom stereocenters. The molecule has 5 aromatic rings. The average molecular weight is 403 g/mol. The van der Waals surface area contributed by atoms with E-state index >= 15 is 0 Å². The van der Waals surface area contributed by atoms with Gasteiger partial charge in [0.25, 0.3) is 0 Å². The Morgan fingerprint density at radius 2 is 1.73 bits per heavy atom. The smallest absolute Gasteiger partial charge is 0.156 e. The molecule has 7 nitrogen and oxygen atoms in total. The summed E-state index contributed by atoms with van der Waals surface area (Å²) in [5.74, 6) is 0.849. The normalized spacial score (nSPS) is 10.2. The minimum absolute atomic E-state index is 0.799. The minimum Gasteiger partial charge on any atom is -0.497 e. The summed E-state index contributed by atoms with van der Waals surface area (Å²) in [7, 11) is 3.72. The van der Waals surface area contributed by atoms with Gasteiger partial charge in [-0.3, -0.25) is 15.0 Å². The van der Waals surface area contributed by atoms with E-state index in [1.165, 1.54) is 0 Å². The summed E-state index contributed by atoms with van der Waals surface area (Å²) in [6.07, 6.45) is 10.6. The first kappa shape index (κ1) is 21.0. The fourth-order valence-corrected chi connectivity index (χ4v) is 3.08. The highest BCUT2D eigenvalue weighted by Gasteiger charge is 2.12. The quantitative estimate of drug-likeness (QED) is 0.452. The average Bonchev–Trinajstić information content (AvgIpc) is 3.37. The highest BCUT2D eigenvalue weighted by atomic mass is 16.5. The van der Waals surface area contributed by atoms with E-state index in [1.807, 2.05) is 40.0 Å². The third kappa shape index (κ3) is 4.46. The van der Waals surface area contributed by atoms with Crippen LogP contribution in [-0.2, 0) is 7.05 Å². The number of methoxy groups -OCH3 is 1. The molecule has 30 heavy (non-hydrogen) atoms. The number of fused-ring (bicyclic) bond motifs is 2. The molecule has 5 rings (SSSR count). The Morgan fingerprint density at radius 3 is 2.37 bits per heavy atom. The largest absolute Gasteiger partial charge is 0.497 e. The molecule has 0 aliphatic heterocycles. The highest BCUT2D eigenvalue weighted by molar-refractivity contribution is 5.98. The topological polar surface area (TPSA) is 81.5 Å². The van der Waals surface area contributed by atoms with Crippen LogP contribution in [0.3, 0.4) is 0 Å². The number of nitrogens with zero attached hydrogens (tertiary/aromatic N) is 5. The van der Waals surface area contributed by atoms with Gasteiger partial charge in [0.1, 0.15) is 11.3 Å². The van der Waals surface area contributed by atoms with Crippen molar-refractivity contribution in [3.8, 4) is 17.0 Å². The lowest BCUT2D eigenvalue weighted by Crippen LogP contribution is -1.84. The fraction of sp³-hybridized carbons (Fsp3) is 0.217. The van der Waals surface area contributed by atoms with Crippen molar-refractivity contribution in [2.24, 2.45) is 7.05 Å². The Hall–Kier alpha value is -3.74. The molecule has 154 valence electrons. The van der Waals surface area contributed by atoms with E-state index in [4.69, 9.17) is 4.74 Å². The number of aromatic nitrogens is 6. The van der Waals surface area contributed by atoms with Gasteiger partial charge < -0.3 is 14.3 Å².